The van der Waals surface area contributed by atoms with E-state index in [2.05, 4.69) is 27.8 Å². The summed E-state index contributed by atoms with van der Waals surface area (Å²) in [5.41, 5.74) is 2.62. The molecule has 3 aromatic rings. The first kappa shape index (κ1) is 21.6. The third-order valence-electron chi connectivity index (χ3n) is 7.18. The van der Waals surface area contributed by atoms with Crippen molar-refractivity contribution in [1.82, 2.24) is 9.55 Å². The Morgan fingerprint density at radius 1 is 1.15 bits per heavy atom. The molecule has 6 nitrogen and oxygen atoms in total. The highest BCUT2D eigenvalue weighted by Crippen LogP contribution is 2.44. The second-order valence-corrected chi connectivity index (χ2v) is 9.29. The summed E-state index contributed by atoms with van der Waals surface area (Å²) in [6.07, 6.45) is 7.54. The molecule has 1 atom stereocenters. The second kappa shape index (κ2) is 8.93. The Hall–Kier alpha value is -3.28. The molecule has 1 saturated carbocycles. The number of carbonyl (C=O) groups excluding carboxylic acids is 1. The lowest BCUT2D eigenvalue weighted by Gasteiger charge is -2.40. The van der Waals surface area contributed by atoms with Gasteiger partial charge in [0.1, 0.15) is 29.5 Å². The van der Waals surface area contributed by atoms with E-state index in [-0.39, 0.29) is 5.76 Å². The van der Waals surface area contributed by atoms with Crippen LogP contribution in [0.1, 0.15) is 49.9 Å². The van der Waals surface area contributed by atoms with Crippen molar-refractivity contribution in [2.45, 2.75) is 57.2 Å². The van der Waals surface area contributed by atoms with Crippen LogP contribution in [0.4, 0.5) is 0 Å². The number of cyclic esters (lactones) is 1. The number of carbonyl (C=O) groups is 1. The van der Waals surface area contributed by atoms with E-state index in [9.17, 15) is 9.90 Å². The first-order valence-corrected chi connectivity index (χ1v) is 11.8. The molecule has 2 aliphatic rings. The zero-order chi connectivity index (χ0) is 22.8. The van der Waals surface area contributed by atoms with E-state index in [4.69, 9.17) is 9.47 Å². The number of rotatable bonds is 7. The normalized spacial score (nSPS) is 21.2. The molecule has 5 rings (SSSR count). The van der Waals surface area contributed by atoms with Crippen LogP contribution in [-0.4, -0.2) is 26.2 Å². The summed E-state index contributed by atoms with van der Waals surface area (Å²) in [5.74, 6) is 1.71. The summed E-state index contributed by atoms with van der Waals surface area (Å²) in [6, 6.07) is 16.1. The number of aromatic nitrogens is 2. The molecule has 0 bridgehead atoms. The van der Waals surface area contributed by atoms with Crippen LogP contribution in [0.5, 0.6) is 5.75 Å². The Labute approximate surface area is 193 Å². The molecule has 1 unspecified atom stereocenters. The lowest BCUT2D eigenvalue weighted by molar-refractivity contribution is -0.165. The van der Waals surface area contributed by atoms with Gasteiger partial charge in [-0.15, -0.1) is 0 Å². The van der Waals surface area contributed by atoms with Crippen molar-refractivity contribution in [1.29, 1.82) is 0 Å². The fraction of sp³-hybridized carbons (Fsp3) is 0.407. The van der Waals surface area contributed by atoms with Gasteiger partial charge in [-0.2, -0.15) is 0 Å². The van der Waals surface area contributed by atoms with Crippen LogP contribution in [0, 0.1) is 5.92 Å². The van der Waals surface area contributed by atoms with Gasteiger partial charge in [0.05, 0.1) is 17.1 Å². The van der Waals surface area contributed by atoms with Gasteiger partial charge in [0, 0.05) is 13.5 Å². The van der Waals surface area contributed by atoms with E-state index in [0.717, 1.165) is 60.3 Å². The number of hydrogen-bond acceptors (Lipinski definition) is 5. The Morgan fingerprint density at radius 3 is 2.64 bits per heavy atom. The predicted octanol–water partition coefficient (Wildman–Crippen LogP) is 5.40. The average Bonchev–Trinajstić information content (AvgIpc) is 3.46. The summed E-state index contributed by atoms with van der Waals surface area (Å²) in [6.45, 7) is 0.400. The largest absolute Gasteiger partial charge is 0.512 e. The summed E-state index contributed by atoms with van der Waals surface area (Å²) < 4.78 is 13.9. The molecule has 0 radical (unpaired) electrons. The minimum absolute atomic E-state index is 0.142. The first-order chi connectivity index (χ1) is 16.0. The van der Waals surface area contributed by atoms with Crippen molar-refractivity contribution in [3.05, 3.63) is 71.8 Å². The quantitative estimate of drug-likeness (QED) is 0.492. The third kappa shape index (κ3) is 4.47. The van der Waals surface area contributed by atoms with E-state index >= 15 is 0 Å². The van der Waals surface area contributed by atoms with Crippen LogP contribution >= 0.6 is 0 Å². The predicted molar refractivity (Wildman–Crippen MR) is 126 cm³/mol. The molecule has 1 aromatic heterocycles. The fourth-order valence-corrected chi connectivity index (χ4v) is 5.36. The molecule has 33 heavy (non-hydrogen) atoms. The maximum Gasteiger partial charge on any atom is 0.334 e. The smallest absolute Gasteiger partial charge is 0.334 e. The minimum Gasteiger partial charge on any atom is -0.512 e. The summed E-state index contributed by atoms with van der Waals surface area (Å²) in [5, 5.41) is 10.2. The highest BCUT2D eigenvalue weighted by Gasteiger charge is 2.45. The second-order valence-electron chi connectivity index (χ2n) is 9.29. The lowest BCUT2D eigenvalue weighted by atomic mass is 9.77. The van der Waals surface area contributed by atoms with Gasteiger partial charge in [0.25, 0.3) is 0 Å². The highest BCUT2D eigenvalue weighted by atomic mass is 16.6. The van der Waals surface area contributed by atoms with Gasteiger partial charge in [-0.25, -0.2) is 9.78 Å². The van der Waals surface area contributed by atoms with Gasteiger partial charge in [0.2, 0.25) is 0 Å². The summed E-state index contributed by atoms with van der Waals surface area (Å²) >= 11 is 0. The van der Waals surface area contributed by atoms with Crippen LogP contribution in [0.25, 0.3) is 11.0 Å². The number of aryl methyl sites for hydroxylation is 2. The molecule has 0 amide bonds. The Kier molecular flexibility index (Phi) is 5.83. The number of aliphatic hydroxyl groups excluding tert-OH is 1. The number of aliphatic hydroxyl groups is 1. The van der Waals surface area contributed by atoms with Crippen molar-refractivity contribution in [3.63, 3.8) is 0 Å². The molecular weight excluding hydrogens is 416 g/mol. The van der Waals surface area contributed by atoms with E-state index < -0.39 is 11.6 Å². The maximum absolute atomic E-state index is 12.1. The highest BCUT2D eigenvalue weighted by molar-refractivity contribution is 5.83. The van der Waals surface area contributed by atoms with Gasteiger partial charge in [-0.05, 0) is 61.4 Å². The molecule has 2 aromatic carbocycles. The van der Waals surface area contributed by atoms with Gasteiger partial charge in [-0.1, -0.05) is 37.1 Å². The van der Waals surface area contributed by atoms with Crippen LogP contribution in [0.3, 0.4) is 0 Å². The van der Waals surface area contributed by atoms with Gasteiger partial charge < -0.3 is 19.1 Å². The third-order valence-corrected chi connectivity index (χ3v) is 7.18. The summed E-state index contributed by atoms with van der Waals surface area (Å²) in [7, 11) is 2.00. The molecule has 1 aliphatic carbocycles. The standard InChI is InChI=1S/C27H30N2O4/c1-29-24-9-5-4-8-23(24)28-25(29)18-32-22-12-10-19(11-13-22)14-15-27(20-6-2-3-7-20)17-21(30)16-26(31)33-27/h4-5,8-13,16,20,30H,2-3,6-7,14-15,17-18H2,1H3. The number of hydrogen-bond donors (Lipinski definition) is 1. The van der Waals surface area contributed by atoms with Crippen molar-refractivity contribution in [2.75, 3.05) is 0 Å². The Bertz CT molecular complexity index is 1170. The van der Waals surface area contributed by atoms with Gasteiger partial charge in [-0.3, -0.25) is 0 Å². The number of para-hydroxylation sites is 2. The fourth-order valence-electron chi connectivity index (χ4n) is 5.36. The van der Waals surface area contributed by atoms with Crippen molar-refractivity contribution >= 4 is 17.0 Å². The lowest BCUT2D eigenvalue weighted by Crippen LogP contribution is -2.44. The number of benzene rings is 2. The van der Waals surface area contributed by atoms with E-state index in [1.54, 1.807) is 0 Å². The number of imidazole rings is 1. The molecular formula is C27H30N2O4. The Balaban J connectivity index is 1.23. The molecule has 0 saturated heterocycles. The number of fused-ring (bicyclic) bond motifs is 1. The van der Waals surface area contributed by atoms with Crippen LogP contribution < -0.4 is 4.74 Å². The minimum atomic E-state index is -0.595. The molecule has 6 heteroatoms. The maximum atomic E-state index is 12.1. The van der Waals surface area contributed by atoms with E-state index in [1.165, 1.54) is 6.08 Å². The average molecular weight is 447 g/mol. The number of nitrogens with zero attached hydrogens (tertiary/aromatic N) is 2. The van der Waals surface area contributed by atoms with Crippen molar-refractivity contribution in [3.8, 4) is 5.75 Å². The summed E-state index contributed by atoms with van der Waals surface area (Å²) in [4.78, 5) is 16.7. The topological polar surface area (TPSA) is 73.6 Å². The molecule has 2 heterocycles. The van der Waals surface area contributed by atoms with Crippen LogP contribution in [0.15, 0.2) is 60.4 Å². The van der Waals surface area contributed by atoms with Crippen molar-refractivity contribution < 1.29 is 19.4 Å². The van der Waals surface area contributed by atoms with Gasteiger partial charge in [0.15, 0.2) is 0 Å². The zero-order valence-electron chi connectivity index (χ0n) is 19.0. The monoisotopic (exact) mass is 446 g/mol. The first-order valence-electron chi connectivity index (χ1n) is 11.8. The van der Waals surface area contributed by atoms with E-state index in [0.29, 0.717) is 25.4 Å². The van der Waals surface area contributed by atoms with Crippen LogP contribution in [-0.2, 0) is 29.6 Å². The number of ether oxygens (including phenoxy) is 2. The molecule has 1 N–H and O–H groups in total. The molecule has 1 fully saturated rings. The molecule has 1 aliphatic heterocycles. The number of esters is 1. The SMILES string of the molecule is Cn1c(COc2ccc(CCC3(C4CCCC4)CC(O)=CC(=O)O3)cc2)nc2ccccc21. The Morgan fingerprint density at radius 2 is 1.91 bits per heavy atom. The molecule has 0 spiro atoms. The van der Waals surface area contributed by atoms with Gasteiger partial charge >= 0.3 is 5.97 Å². The van der Waals surface area contributed by atoms with Crippen molar-refractivity contribution in [2.24, 2.45) is 13.0 Å². The van der Waals surface area contributed by atoms with Crippen LogP contribution in [0.2, 0.25) is 0 Å². The van der Waals surface area contributed by atoms with E-state index in [1.807, 2.05) is 37.4 Å². The zero-order valence-corrected chi connectivity index (χ0v) is 19.0. The molecule has 172 valence electrons.